The Morgan fingerprint density at radius 1 is 1.12 bits per heavy atom. The molecule has 2 atom stereocenters. The number of halogens is 1. The van der Waals surface area contributed by atoms with Crippen LogP contribution in [0, 0.1) is 0 Å². The van der Waals surface area contributed by atoms with Crippen LogP contribution in [0.15, 0.2) is 53.5 Å². The van der Waals surface area contributed by atoms with E-state index < -0.39 is 0 Å². The van der Waals surface area contributed by atoms with Gasteiger partial charge in [-0.15, -0.1) is 0 Å². The van der Waals surface area contributed by atoms with E-state index in [9.17, 15) is 4.79 Å². The maximum absolute atomic E-state index is 13.1. The Morgan fingerprint density at radius 2 is 1.85 bits per heavy atom. The molecule has 2 aromatic carbocycles. The van der Waals surface area contributed by atoms with Crippen molar-refractivity contribution < 1.29 is 4.79 Å². The van der Waals surface area contributed by atoms with Crippen LogP contribution in [0.1, 0.15) is 54.1 Å². The van der Waals surface area contributed by atoms with Crippen LogP contribution < -0.4 is 0 Å². The van der Waals surface area contributed by atoms with Gasteiger partial charge >= 0.3 is 0 Å². The standard InChI is InChI=1S/C22H23ClN2O/c1-2-25-20-10-6-5-9-19(20)24-22(25)18-8-4-3-7-17(18)21(26)15-11-13-16(23)14-12-15/h3-4,7-8,11-14,19-20H,2,5-6,9-10H2,1H3. The Balaban J connectivity index is 1.74. The van der Waals surface area contributed by atoms with Crippen LogP contribution in [-0.4, -0.2) is 35.1 Å². The van der Waals surface area contributed by atoms with Gasteiger partial charge in [0.25, 0.3) is 0 Å². The Bertz CT molecular complexity index is 843. The third kappa shape index (κ3) is 3.05. The summed E-state index contributed by atoms with van der Waals surface area (Å²) in [6.07, 6.45) is 4.86. The fourth-order valence-electron chi connectivity index (χ4n) is 4.24. The van der Waals surface area contributed by atoms with E-state index in [2.05, 4.69) is 11.8 Å². The number of rotatable bonds is 4. The van der Waals surface area contributed by atoms with Gasteiger partial charge in [-0.3, -0.25) is 9.79 Å². The molecule has 1 fully saturated rings. The summed E-state index contributed by atoms with van der Waals surface area (Å²) < 4.78 is 0. The molecule has 1 heterocycles. The Morgan fingerprint density at radius 3 is 2.62 bits per heavy atom. The molecule has 1 saturated carbocycles. The minimum absolute atomic E-state index is 0.0193. The quantitative estimate of drug-likeness (QED) is 0.716. The summed E-state index contributed by atoms with van der Waals surface area (Å²) in [6, 6.07) is 15.8. The van der Waals surface area contributed by atoms with Crippen LogP contribution in [0.4, 0.5) is 0 Å². The molecule has 1 aliphatic heterocycles. The number of benzene rings is 2. The first kappa shape index (κ1) is 17.3. The zero-order chi connectivity index (χ0) is 18.1. The van der Waals surface area contributed by atoms with E-state index >= 15 is 0 Å². The second-order valence-corrected chi connectivity index (χ2v) is 7.48. The Hall–Kier alpha value is -2.13. The summed E-state index contributed by atoms with van der Waals surface area (Å²) >= 11 is 5.97. The zero-order valence-electron chi connectivity index (χ0n) is 15.0. The minimum Gasteiger partial charge on any atom is -0.352 e. The van der Waals surface area contributed by atoms with Gasteiger partial charge in [0.05, 0.1) is 12.1 Å². The minimum atomic E-state index is 0.0193. The number of nitrogens with zero attached hydrogens (tertiary/aromatic N) is 2. The topological polar surface area (TPSA) is 32.7 Å². The van der Waals surface area contributed by atoms with E-state index in [4.69, 9.17) is 16.6 Å². The fraction of sp³-hybridized carbons (Fsp3) is 0.364. The van der Waals surface area contributed by atoms with Gasteiger partial charge in [0.1, 0.15) is 5.84 Å². The van der Waals surface area contributed by atoms with Crippen LogP contribution in [-0.2, 0) is 0 Å². The molecule has 0 saturated heterocycles. The van der Waals surface area contributed by atoms with Crippen LogP contribution in [0.3, 0.4) is 0 Å². The maximum Gasteiger partial charge on any atom is 0.193 e. The zero-order valence-corrected chi connectivity index (χ0v) is 15.7. The lowest BCUT2D eigenvalue weighted by molar-refractivity contribution is 0.103. The fourth-order valence-corrected chi connectivity index (χ4v) is 4.36. The number of ketones is 1. The molecular formula is C22H23ClN2O. The molecule has 2 unspecified atom stereocenters. The molecule has 0 N–H and O–H groups in total. The van der Waals surface area contributed by atoms with Gasteiger partial charge in [-0.1, -0.05) is 48.7 Å². The van der Waals surface area contributed by atoms with Crippen molar-refractivity contribution in [1.82, 2.24) is 4.90 Å². The first-order valence-electron chi connectivity index (χ1n) is 9.43. The maximum atomic E-state index is 13.1. The third-order valence-electron chi connectivity index (χ3n) is 5.51. The molecule has 2 aromatic rings. The molecule has 3 nitrogen and oxygen atoms in total. The summed E-state index contributed by atoms with van der Waals surface area (Å²) in [5.74, 6) is 1.01. The van der Waals surface area contributed by atoms with Crippen molar-refractivity contribution >= 4 is 23.2 Å². The summed E-state index contributed by atoms with van der Waals surface area (Å²) in [5, 5.41) is 0.635. The molecule has 4 rings (SSSR count). The van der Waals surface area contributed by atoms with Gasteiger partial charge in [-0.05, 0) is 44.0 Å². The number of likely N-dealkylation sites (N-methyl/N-ethyl adjacent to an activating group) is 1. The van der Waals surface area contributed by atoms with Crippen molar-refractivity contribution in [3.05, 3.63) is 70.2 Å². The van der Waals surface area contributed by atoms with Gasteiger partial charge in [0.15, 0.2) is 5.78 Å². The molecule has 0 aromatic heterocycles. The highest BCUT2D eigenvalue weighted by atomic mass is 35.5. The largest absolute Gasteiger partial charge is 0.352 e. The van der Waals surface area contributed by atoms with E-state index in [1.807, 2.05) is 24.3 Å². The Labute approximate surface area is 159 Å². The van der Waals surface area contributed by atoms with Gasteiger partial charge in [-0.2, -0.15) is 0 Å². The summed E-state index contributed by atoms with van der Waals surface area (Å²) in [7, 11) is 0. The third-order valence-corrected chi connectivity index (χ3v) is 5.77. The van der Waals surface area contributed by atoms with Gasteiger partial charge in [0, 0.05) is 28.3 Å². The molecule has 0 spiro atoms. The lowest BCUT2D eigenvalue weighted by Crippen LogP contribution is -2.41. The predicted octanol–water partition coefficient (Wildman–Crippen LogP) is 4.96. The molecule has 26 heavy (non-hydrogen) atoms. The van der Waals surface area contributed by atoms with Crippen molar-refractivity contribution in [2.24, 2.45) is 4.99 Å². The summed E-state index contributed by atoms with van der Waals surface area (Å²) in [5.41, 5.74) is 2.32. The normalized spacial score (nSPS) is 22.1. The molecule has 134 valence electrons. The summed E-state index contributed by atoms with van der Waals surface area (Å²) in [4.78, 5) is 20.6. The Kier molecular flexibility index (Phi) is 4.82. The van der Waals surface area contributed by atoms with Crippen molar-refractivity contribution in [2.45, 2.75) is 44.7 Å². The molecule has 1 aliphatic carbocycles. The van der Waals surface area contributed by atoms with E-state index in [0.29, 0.717) is 28.2 Å². The van der Waals surface area contributed by atoms with Gasteiger partial charge in [-0.25, -0.2) is 0 Å². The smallest absolute Gasteiger partial charge is 0.193 e. The summed E-state index contributed by atoms with van der Waals surface area (Å²) in [6.45, 7) is 3.10. The first-order chi connectivity index (χ1) is 12.7. The SMILES string of the molecule is CCN1C(c2ccccc2C(=O)c2ccc(Cl)cc2)=NC2CCCCC21. The number of hydrogen-bond donors (Lipinski definition) is 0. The second-order valence-electron chi connectivity index (χ2n) is 7.04. The first-order valence-corrected chi connectivity index (χ1v) is 9.81. The number of hydrogen-bond acceptors (Lipinski definition) is 3. The molecule has 4 heteroatoms. The molecule has 0 bridgehead atoms. The van der Waals surface area contributed by atoms with E-state index in [1.54, 1.807) is 24.3 Å². The average molecular weight is 367 g/mol. The highest BCUT2D eigenvalue weighted by Crippen LogP contribution is 2.33. The monoisotopic (exact) mass is 366 g/mol. The predicted molar refractivity (Wildman–Crippen MR) is 106 cm³/mol. The van der Waals surface area contributed by atoms with Crippen LogP contribution in [0.25, 0.3) is 0 Å². The molecule has 2 aliphatic rings. The number of carbonyl (C=O) groups excluding carboxylic acids is 1. The lowest BCUT2D eigenvalue weighted by Gasteiger charge is -2.32. The molecular weight excluding hydrogens is 344 g/mol. The molecule has 0 radical (unpaired) electrons. The van der Waals surface area contributed by atoms with Crippen LogP contribution in [0.5, 0.6) is 0 Å². The van der Waals surface area contributed by atoms with Crippen molar-refractivity contribution in [2.75, 3.05) is 6.54 Å². The van der Waals surface area contributed by atoms with E-state index in [1.165, 1.54) is 19.3 Å². The number of amidine groups is 1. The van der Waals surface area contributed by atoms with Crippen LogP contribution >= 0.6 is 11.6 Å². The highest BCUT2D eigenvalue weighted by Gasteiger charge is 2.38. The van der Waals surface area contributed by atoms with Crippen LogP contribution in [0.2, 0.25) is 5.02 Å². The number of fused-ring (bicyclic) bond motifs is 1. The van der Waals surface area contributed by atoms with E-state index in [-0.39, 0.29) is 5.78 Å². The van der Waals surface area contributed by atoms with Crippen molar-refractivity contribution in [1.29, 1.82) is 0 Å². The lowest BCUT2D eigenvalue weighted by atomic mass is 9.90. The highest BCUT2D eigenvalue weighted by molar-refractivity contribution is 6.30. The van der Waals surface area contributed by atoms with Crippen molar-refractivity contribution in [3.8, 4) is 0 Å². The van der Waals surface area contributed by atoms with E-state index in [0.717, 1.165) is 24.4 Å². The van der Waals surface area contributed by atoms with Gasteiger partial charge < -0.3 is 4.90 Å². The molecule has 0 amide bonds. The van der Waals surface area contributed by atoms with Crippen molar-refractivity contribution in [3.63, 3.8) is 0 Å². The average Bonchev–Trinajstić information content (AvgIpc) is 3.06. The second kappa shape index (κ2) is 7.24. The van der Waals surface area contributed by atoms with Gasteiger partial charge in [0.2, 0.25) is 0 Å². The number of carbonyl (C=O) groups is 1. The number of aliphatic imine (C=N–C) groups is 1.